The van der Waals surface area contributed by atoms with E-state index in [9.17, 15) is 14.0 Å². The van der Waals surface area contributed by atoms with Crippen LogP contribution in [0, 0.1) is 5.82 Å². The molecular weight excluding hydrogens is 349 g/mol. The van der Waals surface area contributed by atoms with E-state index in [1.54, 1.807) is 42.7 Å². The third kappa shape index (κ3) is 3.51. The number of rotatable bonds is 3. The van der Waals surface area contributed by atoms with Crippen LogP contribution < -0.4 is 5.32 Å². The highest BCUT2D eigenvalue weighted by atomic mass is 19.1. The van der Waals surface area contributed by atoms with Gasteiger partial charge in [0.2, 0.25) is 5.91 Å². The number of nitrogens with zero attached hydrogens (tertiary/aromatic N) is 4. The number of hydrogen-bond acceptors (Lipinski definition) is 3. The number of urea groups is 1. The molecule has 27 heavy (non-hydrogen) atoms. The van der Waals surface area contributed by atoms with Crippen LogP contribution in [0.4, 0.5) is 15.0 Å². The second-order valence-electron chi connectivity index (χ2n) is 6.71. The summed E-state index contributed by atoms with van der Waals surface area (Å²) >= 11 is 0. The molecule has 3 rings (SSSR count). The molecule has 1 N–H and O–H groups in total. The lowest BCUT2D eigenvalue weighted by atomic mass is 10.0. The molecular formula is C19H24FN5O2. The molecule has 0 saturated carbocycles. The van der Waals surface area contributed by atoms with E-state index in [1.807, 2.05) is 6.92 Å². The summed E-state index contributed by atoms with van der Waals surface area (Å²) in [6.45, 7) is 4.65. The third-order valence-corrected chi connectivity index (χ3v) is 4.95. The zero-order chi connectivity index (χ0) is 19.7. The lowest BCUT2D eigenvalue weighted by Crippen LogP contribution is -2.57. The Balaban J connectivity index is 1.93. The van der Waals surface area contributed by atoms with Crippen molar-refractivity contribution in [2.75, 3.05) is 25.5 Å². The first-order valence-electron chi connectivity index (χ1n) is 8.97. The van der Waals surface area contributed by atoms with E-state index < -0.39 is 6.04 Å². The van der Waals surface area contributed by atoms with Crippen LogP contribution >= 0.6 is 0 Å². The highest BCUT2D eigenvalue weighted by Gasteiger charge is 2.33. The molecule has 7 nitrogen and oxygen atoms in total. The Labute approximate surface area is 157 Å². The zero-order valence-corrected chi connectivity index (χ0v) is 16.0. The van der Waals surface area contributed by atoms with Crippen LogP contribution in [0.25, 0.3) is 11.1 Å². The molecule has 1 aliphatic heterocycles. The molecule has 1 saturated heterocycles. The van der Waals surface area contributed by atoms with Crippen molar-refractivity contribution in [2.24, 2.45) is 7.05 Å². The van der Waals surface area contributed by atoms with Gasteiger partial charge in [0, 0.05) is 32.7 Å². The van der Waals surface area contributed by atoms with Crippen LogP contribution in [-0.4, -0.2) is 57.7 Å². The summed E-state index contributed by atoms with van der Waals surface area (Å²) in [5, 5.41) is 7.39. The summed E-state index contributed by atoms with van der Waals surface area (Å²) in [6, 6.07) is 5.23. The van der Waals surface area contributed by atoms with Gasteiger partial charge >= 0.3 is 6.03 Å². The summed E-state index contributed by atoms with van der Waals surface area (Å²) < 4.78 is 14.9. The Morgan fingerprint density at radius 3 is 2.56 bits per heavy atom. The Morgan fingerprint density at radius 2 is 1.93 bits per heavy atom. The SMILES string of the molecule is CCc1nn(C)c(NC(=O)N2CCN(C)C(=O)[C@H]2C)c1-c1ccc(F)cc1. The molecule has 2 aromatic rings. The number of carbonyl (C=O) groups excluding carboxylic acids is 2. The third-order valence-electron chi connectivity index (χ3n) is 4.95. The van der Waals surface area contributed by atoms with Crippen LogP contribution in [0.2, 0.25) is 0 Å². The molecule has 0 spiro atoms. The van der Waals surface area contributed by atoms with Crippen LogP contribution in [0.15, 0.2) is 24.3 Å². The standard InChI is InChI=1S/C19H24FN5O2/c1-5-15-16(13-6-8-14(20)9-7-13)17(24(4)22-15)21-19(27)25-11-10-23(3)18(26)12(25)2/h6-9,12H,5,10-11H2,1-4H3,(H,21,27)/t12-/m1/s1. The quantitative estimate of drug-likeness (QED) is 0.899. The fraction of sp³-hybridized carbons (Fsp3) is 0.421. The molecule has 1 atom stereocenters. The van der Waals surface area contributed by atoms with Gasteiger partial charge < -0.3 is 9.80 Å². The van der Waals surface area contributed by atoms with Gasteiger partial charge in [-0.3, -0.25) is 14.8 Å². The molecule has 144 valence electrons. The predicted octanol–water partition coefficient (Wildman–Crippen LogP) is 2.48. The Hall–Kier alpha value is -2.90. The lowest BCUT2D eigenvalue weighted by molar-refractivity contribution is -0.137. The van der Waals surface area contributed by atoms with Crippen molar-refractivity contribution in [3.8, 4) is 11.1 Å². The maximum Gasteiger partial charge on any atom is 0.323 e. The summed E-state index contributed by atoms with van der Waals surface area (Å²) in [7, 11) is 3.48. The van der Waals surface area contributed by atoms with Crippen LogP contribution in [0.1, 0.15) is 19.5 Å². The van der Waals surface area contributed by atoms with E-state index in [-0.39, 0.29) is 17.8 Å². The number of piperazine rings is 1. The Bertz CT molecular complexity index is 862. The Morgan fingerprint density at radius 1 is 1.26 bits per heavy atom. The topological polar surface area (TPSA) is 70.5 Å². The average molecular weight is 373 g/mol. The number of amides is 3. The zero-order valence-electron chi connectivity index (χ0n) is 16.0. The van der Waals surface area contributed by atoms with Gasteiger partial charge in [0.15, 0.2) is 0 Å². The second kappa shape index (κ2) is 7.38. The van der Waals surface area contributed by atoms with Crippen molar-refractivity contribution in [2.45, 2.75) is 26.3 Å². The smallest absolute Gasteiger partial charge is 0.323 e. The first kappa shape index (κ1) is 18.9. The first-order chi connectivity index (χ1) is 12.8. The summed E-state index contributed by atoms with van der Waals surface area (Å²) in [4.78, 5) is 28.2. The molecule has 0 unspecified atom stereocenters. The first-order valence-corrected chi connectivity index (χ1v) is 8.97. The number of hydrogen-bond donors (Lipinski definition) is 1. The summed E-state index contributed by atoms with van der Waals surface area (Å²) in [5.41, 5.74) is 2.35. The van der Waals surface area contributed by atoms with Crippen molar-refractivity contribution < 1.29 is 14.0 Å². The predicted molar refractivity (Wildman–Crippen MR) is 101 cm³/mol. The number of likely N-dealkylation sites (N-methyl/N-ethyl adjacent to an activating group) is 1. The van der Waals surface area contributed by atoms with Gasteiger partial charge in [-0.05, 0) is 31.0 Å². The molecule has 3 amide bonds. The maximum atomic E-state index is 13.3. The number of anilines is 1. The molecule has 0 radical (unpaired) electrons. The minimum absolute atomic E-state index is 0.0885. The van der Waals surface area contributed by atoms with Gasteiger partial charge in [0.05, 0.1) is 5.69 Å². The molecule has 1 aromatic heterocycles. The van der Waals surface area contributed by atoms with Gasteiger partial charge in [-0.25, -0.2) is 9.18 Å². The number of aryl methyl sites for hydroxylation is 2. The molecule has 2 heterocycles. The van der Waals surface area contributed by atoms with Crippen molar-refractivity contribution >= 4 is 17.8 Å². The van der Waals surface area contributed by atoms with E-state index in [0.29, 0.717) is 25.3 Å². The van der Waals surface area contributed by atoms with E-state index in [4.69, 9.17) is 0 Å². The van der Waals surface area contributed by atoms with E-state index in [2.05, 4.69) is 10.4 Å². The van der Waals surface area contributed by atoms with Gasteiger partial charge in [0.1, 0.15) is 17.7 Å². The number of aromatic nitrogens is 2. The van der Waals surface area contributed by atoms with Gasteiger partial charge in [-0.2, -0.15) is 5.10 Å². The molecule has 1 aliphatic rings. The van der Waals surface area contributed by atoms with Gasteiger partial charge in [-0.1, -0.05) is 19.1 Å². The maximum absolute atomic E-state index is 13.3. The molecule has 0 aliphatic carbocycles. The van der Waals surface area contributed by atoms with E-state index in [0.717, 1.165) is 16.8 Å². The van der Waals surface area contributed by atoms with Crippen LogP contribution in [0.3, 0.4) is 0 Å². The van der Waals surface area contributed by atoms with Crippen LogP contribution in [-0.2, 0) is 18.3 Å². The summed E-state index contributed by atoms with van der Waals surface area (Å²) in [5.74, 6) is 0.118. The normalized spacial score (nSPS) is 17.4. The monoisotopic (exact) mass is 373 g/mol. The Kier molecular flexibility index (Phi) is 5.16. The fourth-order valence-corrected chi connectivity index (χ4v) is 3.35. The van der Waals surface area contributed by atoms with Crippen molar-refractivity contribution in [3.05, 3.63) is 35.8 Å². The highest BCUT2D eigenvalue weighted by Crippen LogP contribution is 2.32. The van der Waals surface area contributed by atoms with E-state index in [1.165, 1.54) is 17.0 Å². The average Bonchev–Trinajstić information content (AvgIpc) is 2.96. The van der Waals surface area contributed by atoms with Crippen LogP contribution in [0.5, 0.6) is 0 Å². The fourth-order valence-electron chi connectivity index (χ4n) is 3.35. The number of benzene rings is 1. The minimum Gasteiger partial charge on any atom is -0.342 e. The van der Waals surface area contributed by atoms with Crippen molar-refractivity contribution in [1.82, 2.24) is 19.6 Å². The number of nitrogens with one attached hydrogen (secondary N) is 1. The molecule has 8 heteroatoms. The van der Waals surface area contributed by atoms with Gasteiger partial charge in [-0.15, -0.1) is 0 Å². The summed E-state index contributed by atoms with van der Waals surface area (Å²) in [6.07, 6.45) is 0.666. The van der Waals surface area contributed by atoms with Crippen molar-refractivity contribution in [3.63, 3.8) is 0 Å². The second-order valence-corrected chi connectivity index (χ2v) is 6.71. The van der Waals surface area contributed by atoms with Gasteiger partial charge in [0.25, 0.3) is 0 Å². The number of halogens is 1. The molecule has 1 aromatic carbocycles. The van der Waals surface area contributed by atoms with E-state index >= 15 is 0 Å². The number of carbonyl (C=O) groups is 2. The largest absolute Gasteiger partial charge is 0.342 e. The van der Waals surface area contributed by atoms with Crippen molar-refractivity contribution in [1.29, 1.82) is 0 Å². The molecule has 0 bridgehead atoms. The molecule has 1 fully saturated rings. The lowest BCUT2D eigenvalue weighted by Gasteiger charge is -2.37. The highest BCUT2D eigenvalue weighted by molar-refractivity contribution is 5.97. The minimum atomic E-state index is -0.531.